The van der Waals surface area contributed by atoms with Crippen molar-refractivity contribution < 1.29 is 39.6 Å². The molecule has 5 atom stereocenters. The Kier molecular flexibility index (Phi) is 4.50. The molecule has 0 spiro atoms. The summed E-state index contributed by atoms with van der Waals surface area (Å²) in [5, 5.41) is 37.7. The summed E-state index contributed by atoms with van der Waals surface area (Å²) in [5.74, 6) is -10.6. The van der Waals surface area contributed by atoms with Crippen molar-refractivity contribution in [3.8, 4) is 0 Å². The lowest BCUT2D eigenvalue weighted by Crippen LogP contribution is -2.47. The highest BCUT2D eigenvalue weighted by molar-refractivity contribution is 5.96. The van der Waals surface area contributed by atoms with Crippen molar-refractivity contribution in [1.29, 1.82) is 0 Å². The van der Waals surface area contributed by atoms with Gasteiger partial charge < -0.3 is 20.4 Å². The van der Waals surface area contributed by atoms with Crippen molar-refractivity contribution in [3.05, 3.63) is 22.8 Å². The van der Waals surface area contributed by atoms with E-state index < -0.39 is 53.5 Å². The van der Waals surface area contributed by atoms with Gasteiger partial charge in [-0.15, -0.1) is 0 Å². The maximum atomic E-state index is 11.7. The molecule has 0 aliphatic heterocycles. The van der Waals surface area contributed by atoms with E-state index in [4.69, 9.17) is 0 Å². The topological polar surface area (TPSA) is 149 Å². The van der Waals surface area contributed by atoms with E-state index in [1.807, 2.05) is 0 Å². The summed E-state index contributed by atoms with van der Waals surface area (Å²) in [6.07, 6.45) is 1.13. The molecule has 0 aromatic heterocycles. The summed E-state index contributed by atoms with van der Waals surface area (Å²) < 4.78 is 0. The molecule has 24 heavy (non-hydrogen) atoms. The van der Waals surface area contributed by atoms with Gasteiger partial charge in [-0.05, 0) is 30.9 Å². The Balaban J connectivity index is 2.71. The quantitative estimate of drug-likeness (QED) is 0.595. The molecule has 8 nitrogen and oxygen atoms in total. The number of carboxylic acids is 4. The second-order valence-corrected chi connectivity index (χ2v) is 6.36. The maximum absolute atomic E-state index is 11.7. The van der Waals surface area contributed by atoms with Crippen LogP contribution in [0.15, 0.2) is 22.8 Å². The molecule has 0 bridgehead atoms. The fourth-order valence-electron chi connectivity index (χ4n) is 4.06. The molecule has 0 radical (unpaired) electrons. The molecule has 0 aromatic rings. The number of fused-ring (bicyclic) bond motifs is 1. The number of carboxylic acid groups (broad SMARTS) is 4. The van der Waals surface area contributed by atoms with E-state index in [9.17, 15) is 39.6 Å². The lowest BCUT2D eigenvalue weighted by molar-refractivity contribution is -0.156. The maximum Gasteiger partial charge on any atom is 0.332 e. The summed E-state index contributed by atoms with van der Waals surface area (Å²) in [6.45, 7) is 3.13. The fourth-order valence-corrected chi connectivity index (χ4v) is 4.06. The Morgan fingerprint density at radius 3 is 1.92 bits per heavy atom. The average molecular weight is 338 g/mol. The second-order valence-electron chi connectivity index (χ2n) is 6.36. The van der Waals surface area contributed by atoms with E-state index in [2.05, 4.69) is 0 Å². The van der Waals surface area contributed by atoms with Gasteiger partial charge in [-0.3, -0.25) is 14.4 Å². The van der Waals surface area contributed by atoms with Crippen molar-refractivity contribution in [2.75, 3.05) is 0 Å². The van der Waals surface area contributed by atoms with Crippen LogP contribution >= 0.6 is 0 Å². The molecule has 0 heterocycles. The highest BCUT2D eigenvalue weighted by Gasteiger charge is 2.53. The third-order valence-corrected chi connectivity index (χ3v) is 4.95. The molecular formula is C16H18O8. The van der Waals surface area contributed by atoms with Gasteiger partial charge in [0.2, 0.25) is 0 Å². The van der Waals surface area contributed by atoms with Crippen LogP contribution in [-0.2, 0) is 19.2 Å². The Hall–Kier alpha value is -2.64. The molecule has 5 unspecified atom stereocenters. The number of hydrogen-bond acceptors (Lipinski definition) is 4. The van der Waals surface area contributed by atoms with Crippen LogP contribution < -0.4 is 0 Å². The van der Waals surface area contributed by atoms with Crippen LogP contribution in [0, 0.1) is 29.6 Å². The second kappa shape index (κ2) is 6.10. The van der Waals surface area contributed by atoms with Gasteiger partial charge in [-0.2, -0.15) is 0 Å². The average Bonchev–Trinajstić information content (AvgIpc) is 2.45. The van der Waals surface area contributed by atoms with Crippen molar-refractivity contribution in [1.82, 2.24) is 0 Å². The Labute approximate surface area is 137 Å². The summed E-state index contributed by atoms with van der Waals surface area (Å²) >= 11 is 0. The molecule has 0 aromatic carbocycles. The van der Waals surface area contributed by atoms with Gasteiger partial charge in [-0.25, -0.2) is 4.79 Å². The Morgan fingerprint density at radius 1 is 0.958 bits per heavy atom. The van der Waals surface area contributed by atoms with Gasteiger partial charge in [0.25, 0.3) is 0 Å². The van der Waals surface area contributed by atoms with E-state index in [0.717, 1.165) is 6.08 Å². The third kappa shape index (κ3) is 2.68. The minimum absolute atomic E-state index is 0.0234. The van der Waals surface area contributed by atoms with Gasteiger partial charge in [0.15, 0.2) is 0 Å². The zero-order chi connectivity index (χ0) is 18.3. The van der Waals surface area contributed by atoms with Crippen LogP contribution in [0.4, 0.5) is 0 Å². The van der Waals surface area contributed by atoms with Crippen LogP contribution in [0.25, 0.3) is 0 Å². The first kappa shape index (κ1) is 17.7. The Morgan fingerprint density at radius 2 is 1.50 bits per heavy atom. The SMILES string of the molecule is CC1=C2C(C(=O)O)C(C(=O)O)CC(C)C2C(C(=O)O)C(C(=O)O)=C1. The molecule has 130 valence electrons. The molecule has 2 aliphatic carbocycles. The number of aliphatic carboxylic acids is 4. The third-order valence-electron chi connectivity index (χ3n) is 4.95. The minimum atomic E-state index is -1.40. The molecule has 1 saturated carbocycles. The number of allylic oxidation sites excluding steroid dienone is 2. The summed E-state index contributed by atoms with van der Waals surface area (Å²) in [4.78, 5) is 46.3. The number of hydrogen-bond donors (Lipinski definition) is 4. The Bertz CT molecular complexity index is 686. The first-order valence-corrected chi connectivity index (χ1v) is 7.41. The zero-order valence-corrected chi connectivity index (χ0v) is 13.1. The highest BCUT2D eigenvalue weighted by atomic mass is 16.4. The van der Waals surface area contributed by atoms with Gasteiger partial charge >= 0.3 is 23.9 Å². The van der Waals surface area contributed by atoms with E-state index in [1.165, 1.54) is 6.92 Å². The first-order valence-electron chi connectivity index (χ1n) is 7.41. The normalized spacial score (nSPS) is 32.6. The molecule has 8 heteroatoms. The monoisotopic (exact) mass is 338 g/mol. The lowest BCUT2D eigenvalue weighted by Gasteiger charge is -2.44. The van der Waals surface area contributed by atoms with E-state index in [0.29, 0.717) is 5.57 Å². The molecule has 4 N–H and O–H groups in total. The first-order chi connectivity index (χ1) is 11.1. The number of rotatable bonds is 4. The smallest absolute Gasteiger partial charge is 0.332 e. The minimum Gasteiger partial charge on any atom is -0.481 e. The van der Waals surface area contributed by atoms with Gasteiger partial charge in [0, 0.05) is 5.92 Å². The van der Waals surface area contributed by atoms with Crippen LogP contribution in [0.2, 0.25) is 0 Å². The molecule has 2 aliphatic rings. The fraction of sp³-hybridized carbons (Fsp3) is 0.500. The van der Waals surface area contributed by atoms with Gasteiger partial charge in [0.1, 0.15) is 0 Å². The van der Waals surface area contributed by atoms with Crippen molar-refractivity contribution >= 4 is 23.9 Å². The summed E-state index contributed by atoms with van der Waals surface area (Å²) in [7, 11) is 0. The lowest BCUT2D eigenvalue weighted by atomic mass is 9.57. The highest BCUT2D eigenvalue weighted by Crippen LogP contribution is 2.51. The van der Waals surface area contributed by atoms with E-state index in [-0.39, 0.29) is 17.6 Å². The van der Waals surface area contributed by atoms with Crippen molar-refractivity contribution in [2.45, 2.75) is 20.3 Å². The zero-order valence-electron chi connectivity index (χ0n) is 13.1. The van der Waals surface area contributed by atoms with Crippen LogP contribution in [0.3, 0.4) is 0 Å². The van der Waals surface area contributed by atoms with Crippen LogP contribution in [-0.4, -0.2) is 44.3 Å². The molecule has 2 rings (SSSR count). The molecular weight excluding hydrogens is 320 g/mol. The van der Waals surface area contributed by atoms with Gasteiger partial charge in [-0.1, -0.05) is 12.5 Å². The van der Waals surface area contributed by atoms with E-state index in [1.54, 1.807) is 6.92 Å². The van der Waals surface area contributed by atoms with Gasteiger partial charge in [0.05, 0.1) is 23.3 Å². The predicted octanol–water partition coefficient (Wildman–Crippen LogP) is 1.09. The molecule has 0 saturated heterocycles. The molecule has 0 amide bonds. The van der Waals surface area contributed by atoms with Crippen molar-refractivity contribution in [3.63, 3.8) is 0 Å². The largest absolute Gasteiger partial charge is 0.481 e. The van der Waals surface area contributed by atoms with Crippen LogP contribution in [0.5, 0.6) is 0 Å². The summed E-state index contributed by atoms with van der Waals surface area (Å²) in [6, 6.07) is 0. The summed E-state index contributed by atoms with van der Waals surface area (Å²) in [5.41, 5.74) is 0.227. The number of carbonyl (C=O) groups is 4. The molecule has 1 fully saturated rings. The van der Waals surface area contributed by atoms with E-state index >= 15 is 0 Å². The predicted molar refractivity (Wildman–Crippen MR) is 79.1 cm³/mol. The van der Waals surface area contributed by atoms with Crippen molar-refractivity contribution in [2.24, 2.45) is 29.6 Å². The standard InChI is InChI=1S/C16H18O8/c1-5-3-7(13(17)18)12(16(23)24)10-6(2)4-8(14(19)20)11(9(5)10)15(21)22/h3,6,8,10-12H,4H2,1-2H3,(H,17,18)(H,19,20)(H,21,22)(H,23,24). The van der Waals surface area contributed by atoms with Crippen LogP contribution in [0.1, 0.15) is 20.3 Å².